The summed E-state index contributed by atoms with van der Waals surface area (Å²) in [5.74, 6) is 0.315. The molecule has 2 heterocycles. The second kappa shape index (κ2) is 6.78. The summed E-state index contributed by atoms with van der Waals surface area (Å²) in [7, 11) is 0. The van der Waals surface area contributed by atoms with Crippen LogP contribution in [0, 0.1) is 6.92 Å². The number of ether oxygens (including phenoxy) is 1. The predicted octanol–water partition coefficient (Wildman–Crippen LogP) is 3.42. The van der Waals surface area contributed by atoms with Crippen molar-refractivity contribution in [2.24, 2.45) is 0 Å². The highest BCUT2D eigenvalue weighted by molar-refractivity contribution is 5.92. The van der Waals surface area contributed by atoms with Gasteiger partial charge in [0.15, 0.2) is 5.69 Å². The van der Waals surface area contributed by atoms with Gasteiger partial charge in [-0.05, 0) is 18.6 Å². The molecule has 0 atom stereocenters. The second-order valence-electron chi connectivity index (χ2n) is 6.04. The molecule has 0 spiro atoms. The van der Waals surface area contributed by atoms with Gasteiger partial charge in [-0.1, -0.05) is 18.2 Å². The van der Waals surface area contributed by atoms with Crippen LogP contribution >= 0.6 is 0 Å². The first-order valence-corrected chi connectivity index (χ1v) is 7.99. The first kappa shape index (κ1) is 17.3. The van der Waals surface area contributed by atoms with Crippen LogP contribution in [0.1, 0.15) is 34.6 Å². The van der Waals surface area contributed by atoms with E-state index in [9.17, 15) is 18.0 Å². The molecule has 5 nitrogen and oxygen atoms in total. The maximum atomic E-state index is 12.6. The maximum absolute atomic E-state index is 12.6. The van der Waals surface area contributed by atoms with Crippen molar-refractivity contribution in [1.29, 1.82) is 0 Å². The Morgan fingerprint density at radius 2 is 1.96 bits per heavy atom. The van der Waals surface area contributed by atoms with Crippen LogP contribution in [0.5, 0.6) is 5.75 Å². The highest BCUT2D eigenvalue weighted by Crippen LogP contribution is 2.28. The minimum atomic E-state index is -4.54. The molecule has 3 rings (SSSR count). The van der Waals surface area contributed by atoms with Gasteiger partial charge in [0.25, 0.3) is 5.91 Å². The number of amides is 1. The van der Waals surface area contributed by atoms with E-state index in [2.05, 4.69) is 5.10 Å². The van der Waals surface area contributed by atoms with Crippen molar-refractivity contribution < 1.29 is 22.7 Å². The third kappa shape index (κ3) is 3.94. The zero-order chi connectivity index (χ0) is 18.0. The van der Waals surface area contributed by atoms with Crippen LogP contribution in [0.3, 0.4) is 0 Å². The van der Waals surface area contributed by atoms with Gasteiger partial charge in [0, 0.05) is 32.0 Å². The van der Waals surface area contributed by atoms with Crippen molar-refractivity contribution >= 4 is 5.91 Å². The first-order valence-electron chi connectivity index (χ1n) is 7.99. The number of aryl methyl sites for hydroxylation is 1. The summed E-state index contributed by atoms with van der Waals surface area (Å²) in [5, 5.41) is 5.35. The Bertz CT molecular complexity index is 750. The number of piperidine rings is 1. The van der Waals surface area contributed by atoms with Gasteiger partial charge in [0.2, 0.25) is 0 Å². The van der Waals surface area contributed by atoms with E-state index in [0.29, 0.717) is 25.9 Å². The van der Waals surface area contributed by atoms with E-state index in [0.717, 1.165) is 17.4 Å². The second-order valence-corrected chi connectivity index (χ2v) is 6.04. The molecule has 1 N–H and O–H groups in total. The number of halogens is 3. The van der Waals surface area contributed by atoms with Crippen LogP contribution in [-0.4, -0.2) is 40.2 Å². The number of rotatable bonds is 3. The Kier molecular flexibility index (Phi) is 4.69. The van der Waals surface area contributed by atoms with Gasteiger partial charge in [-0.15, -0.1) is 0 Å². The van der Waals surface area contributed by atoms with Gasteiger partial charge < -0.3 is 9.64 Å². The number of carbonyl (C=O) groups is 1. The Balaban J connectivity index is 1.58. The topological polar surface area (TPSA) is 58.2 Å². The molecule has 134 valence electrons. The number of carbonyl (C=O) groups excluding carboxylic acids is 1. The predicted molar refractivity (Wildman–Crippen MR) is 84.3 cm³/mol. The van der Waals surface area contributed by atoms with E-state index < -0.39 is 17.8 Å². The third-order valence-electron chi connectivity index (χ3n) is 4.22. The highest BCUT2D eigenvalue weighted by Gasteiger charge is 2.35. The lowest BCUT2D eigenvalue weighted by atomic mass is 10.1. The lowest BCUT2D eigenvalue weighted by Gasteiger charge is -2.32. The molecule has 2 aromatic rings. The lowest BCUT2D eigenvalue weighted by Crippen LogP contribution is -2.42. The van der Waals surface area contributed by atoms with Gasteiger partial charge in [-0.25, -0.2) is 0 Å². The largest absolute Gasteiger partial charge is 0.490 e. The summed E-state index contributed by atoms with van der Waals surface area (Å²) in [6.45, 7) is 2.80. The minimum absolute atomic E-state index is 0.0185. The number of alkyl halides is 3. The molecule has 0 bridgehead atoms. The molecule has 0 radical (unpaired) electrons. The van der Waals surface area contributed by atoms with Crippen molar-refractivity contribution in [2.75, 3.05) is 13.1 Å². The van der Waals surface area contributed by atoms with Crippen LogP contribution in [-0.2, 0) is 6.18 Å². The Hall–Kier alpha value is -2.51. The molecule has 1 aromatic carbocycles. The number of hydrogen-bond donors (Lipinski definition) is 1. The van der Waals surface area contributed by atoms with E-state index in [1.807, 2.05) is 36.3 Å². The molecular weight excluding hydrogens is 335 g/mol. The Morgan fingerprint density at radius 3 is 2.56 bits per heavy atom. The summed E-state index contributed by atoms with van der Waals surface area (Å²) in [4.78, 5) is 13.8. The summed E-state index contributed by atoms with van der Waals surface area (Å²) >= 11 is 0. The van der Waals surface area contributed by atoms with Crippen molar-refractivity contribution in [3.63, 3.8) is 0 Å². The van der Waals surface area contributed by atoms with E-state index >= 15 is 0 Å². The SMILES string of the molecule is Cc1ccccc1OC1CCN(C(=O)c2cc(C(F)(F)F)[nH]n2)CC1. The molecule has 8 heteroatoms. The van der Waals surface area contributed by atoms with Gasteiger partial charge >= 0.3 is 6.18 Å². The normalized spacial score (nSPS) is 16.1. The number of nitrogens with zero attached hydrogens (tertiary/aromatic N) is 2. The Labute approximate surface area is 142 Å². The number of benzene rings is 1. The molecule has 1 amide bonds. The molecule has 1 aliphatic rings. The average molecular weight is 353 g/mol. The van der Waals surface area contributed by atoms with Crippen molar-refractivity contribution in [1.82, 2.24) is 15.1 Å². The average Bonchev–Trinajstić information content (AvgIpc) is 3.07. The van der Waals surface area contributed by atoms with Crippen molar-refractivity contribution in [3.8, 4) is 5.75 Å². The number of aromatic amines is 1. The van der Waals surface area contributed by atoms with Gasteiger partial charge in [-0.3, -0.25) is 9.89 Å². The zero-order valence-corrected chi connectivity index (χ0v) is 13.6. The summed E-state index contributed by atoms with van der Waals surface area (Å²) in [6.07, 6.45) is -3.32. The van der Waals surface area contributed by atoms with Crippen LogP contribution < -0.4 is 4.74 Å². The van der Waals surface area contributed by atoms with Crippen molar-refractivity contribution in [3.05, 3.63) is 47.3 Å². The van der Waals surface area contributed by atoms with Crippen LogP contribution in [0.15, 0.2) is 30.3 Å². The number of hydrogen-bond acceptors (Lipinski definition) is 3. The minimum Gasteiger partial charge on any atom is -0.490 e. The molecule has 1 aromatic heterocycles. The summed E-state index contributed by atoms with van der Waals surface area (Å²) in [6, 6.07) is 8.44. The fourth-order valence-electron chi connectivity index (χ4n) is 2.78. The van der Waals surface area contributed by atoms with E-state index in [-0.39, 0.29) is 11.8 Å². The van der Waals surface area contributed by atoms with Gasteiger partial charge in [0.05, 0.1) is 0 Å². The molecule has 0 aliphatic carbocycles. The molecule has 25 heavy (non-hydrogen) atoms. The fraction of sp³-hybridized carbons (Fsp3) is 0.412. The quantitative estimate of drug-likeness (QED) is 0.920. The van der Waals surface area contributed by atoms with Gasteiger partial charge in [-0.2, -0.15) is 18.3 Å². The molecule has 0 unspecified atom stereocenters. The van der Waals surface area contributed by atoms with Gasteiger partial charge in [0.1, 0.15) is 17.5 Å². The van der Waals surface area contributed by atoms with E-state index in [1.165, 1.54) is 4.90 Å². The maximum Gasteiger partial charge on any atom is 0.432 e. The molecular formula is C17H18F3N3O2. The fourth-order valence-corrected chi connectivity index (χ4v) is 2.78. The highest BCUT2D eigenvalue weighted by atomic mass is 19.4. The molecule has 1 fully saturated rings. The van der Waals surface area contributed by atoms with E-state index in [4.69, 9.17) is 4.74 Å². The number of aromatic nitrogens is 2. The number of para-hydroxylation sites is 1. The number of likely N-dealkylation sites (tertiary alicyclic amines) is 1. The molecule has 1 saturated heterocycles. The third-order valence-corrected chi connectivity index (χ3v) is 4.22. The van der Waals surface area contributed by atoms with Crippen LogP contribution in [0.25, 0.3) is 0 Å². The molecule has 0 saturated carbocycles. The number of H-pyrrole nitrogens is 1. The standard InChI is InChI=1S/C17H18F3N3O2/c1-11-4-2-3-5-14(11)25-12-6-8-23(9-7-12)16(24)13-10-15(22-21-13)17(18,19)20/h2-5,10,12H,6-9H2,1H3,(H,21,22). The lowest BCUT2D eigenvalue weighted by molar-refractivity contribution is -0.141. The monoisotopic (exact) mass is 353 g/mol. The van der Waals surface area contributed by atoms with Crippen LogP contribution in [0.2, 0.25) is 0 Å². The molecule has 1 aliphatic heterocycles. The smallest absolute Gasteiger partial charge is 0.432 e. The first-order chi connectivity index (χ1) is 11.8. The zero-order valence-electron chi connectivity index (χ0n) is 13.6. The van der Waals surface area contributed by atoms with E-state index in [1.54, 1.807) is 0 Å². The number of nitrogens with one attached hydrogen (secondary N) is 1. The van der Waals surface area contributed by atoms with Crippen LogP contribution in [0.4, 0.5) is 13.2 Å². The van der Waals surface area contributed by atoms with Crippen molar-refractivity contribution in [2.45, 2.75) is 32.0 Å². The summed E-state index contributed by atoms with van der Waals surface area (Å²) < 4.78 is 43.7. The summed E-state index contributed by atoms with van der Waals surface area (Å²) in [5.41, 5.74) is -0.198. The Morgan fingerprint density at radius 1 is 1.28 bits per heavy atom.